The predicted molar refractivity (Wildman–Crippen MR) is 155 cm³/mol. The number of hydrogen-bond acceptors (Lipinski definition) is 5. The molecule has 3 aromatic carbocycles. The largest absolute Gasteiger partial charge is 1.00 e. The van der Waals surface area contributed by atoms with Crippen LogP contribution in [0.15, 0.2) is 78.9 Å². The van der Waals surface area contributed by atoms with E-state index in [0.29, 0.717) is 10.8 Å². The Morgan fingerprint density at radius 3 is 2.54 bits per heavy atom. The Morgan fingerprint density at radius 1 is 1.00 bits per heavy atom. The molecule has 39 heavy (non-hydrogen) atoms. The Kier molecular flexibility index (Phi) is 11.9. The average Bonchev–Trinajstić information content (AvgIpc) is 2.88. The first-order chi connectivity index (χ1) is 18.2. The first-order valence-corrected chi connectivity index (χ1v) is 14.4. The number of thioether (sulfide) groups is 1. The first-order valence-electron chi connectivity index (χ1n) is 13.0. The number of carboxylic acid groups (broad SMARTS) is 1. The van der Waals surface area contributed by atoms with Crippen molar-refractivity contribution in [2.45, 2.75) is 56.8 Å². The number of aliphatic hydroxyl groups is 1. The molecule has 0 bridgehead atoms. The molecule has 0 fully saturated rings. The summed E-state index contributed by atoms with van der Waals surface area (Å²) >= 11 is 7.80. The second-order valence-electron chi connectivity index (χ2n) is 10.1. The van der Waals surface area contributed by atoms with E-state index in [4.69, 9.17) is 16.6 Å². The molecular weight excluding hydrogens is 537 g/mol. The molecule has 198 valence electrons. The van der Waals surface area contributed by atoms with Gasteiger partial charge in [0.05, 0.1) is 11.1 Å². The van der Waals surface area contributed by atoms with Crippen molar-refractivity contribution in [1.82, 2.24) is 4.98 Å². The average molecular weight is 570 g/mol. The molecule has 0 saturated carbocycles. The van der Waals surface area contributed by atoms with Crippen LogP contribution in [-0.2, 0) is 29.7 Å². The number of fused-ring (bicyclic) bond motifs is 1. The normalized spacial score (nSPS) is 12.2. The van der Waals surface area contributed by atoms with Crippen LogP contribution in [0.4, 0.5) is 0 Å². The molecule has 0 radical (unpaired) electrons. The Hall–Kier alpha value is -1.86. The summed E-state index contributed by atoms with van der Waals surface area (Å²) in [6.45, 7) is 3.61. The number of aryl methyl sites for hydroxylation is 3. The minimum absolute atomic E-state index is 0. The Bertz CT molecular complexity index is 1410. The van der Waals surface area contributed by atoms with Crippen LogP contribution in [0.2, 0.25) is 5.02 Å². The third-order valence-electron chi connectivity index (χ3n) is 6.68. The molecule has 0 spiro atoms. The number of halogens is 1. The number of hydrogen-bond donors (Lipinski definition) is 1. The molecule has 0 saturated heterocycles. The second kappa shape index (κ2) is 14.7. The van der Waals surface area contributed by atoms with E-state index >= 15 is 0 Å². The van der Waals surface area contributed by atoms with Crippen molar-refractivity contribution >= 4 is 40.2 Å². The predicted octanol–water partition coefficient (Wildman–Crippen LogP) is 3.45. The van der Waals surface area contributed by atoms with E-state index in [1.54, 1.807) is 25.6 Å². The molecular formula is C32H33ClNNaO3S. The molecule has 4 nitrogen and oxygen atoms in total. The van der Waals surface area contributed by atoms with Crippen molar-refractivity contribution in [3.8, 4) is 0 Å². The van der Waals surface area contributed by atoms with Crippen LogP contribution in [-0.4, -0.2) is 21.8 Å². The number of nitrogens with zero attached hydrogens (tertiary/aromatic N) is 1. The summed E-state index contributed by atoms with van der Waals surface area (Å²) < 4.78 is 0. The fourth-order valence-electron chi connectivity index (χ4n) is 4.75. The molecule has 0 amide bonds. The summed E-state index contributed by atoms with van der Waals surface area (Å²) in [4.78, 5) is 15.8. The quantitative estimate of drug-likeness (QED) is 0.265. The van der Waals surface area contributed by atoms with E-state index in [0.717, 1.165) is 53.4 Å². The van der Waals surface area contributed by atoms with E-state index in [1.807, 2.05) is 36.4 Å². The fourth-order valence-corrected chi connectivity index (χ4v) is 6.10. The van der Waals surface area contributed by atoms with Gasteiger partial charge in [-0.1, -0.05) is 72.3 Å². The van der Waals surface area contributed by atoms with Crippen LogP contribution in [0.25, 0.3) is 10.9 Å². The molecule has 7 heteroatoms. The van der Waals surface area contributed by atoms with E-state index in [9.17, 15) is 15.0 Å². The zero-order valence-electron chi connectivity index (χ0n) is 22.8. The Labute approximate surface area is 262 Å². The van der Waals surface area contributed by atoms with E-state index in [2.05, 4.69) is 42.5 Å². The molecule has 0 aliphatic heterocycles. The summed E-state index contributed by atoms with van der Waals surface area (Å²) in [5, 5.41) is 23.6. The zero-order chi connectivity index (χ0) is 27.1. The number of carboxylic acids is 1. The summed E-state index contributed by atoms with van der Waals surface area (Å²) in [5.41, 5.74) is 5.45. The topological polar surface area (TPSA) is 73.2 Å². The van der Waals surface area contributed by atoms with Crippen LogP contribution in [0.1, 0.15) is 59.9 Å². The number of aliphatic carboxylic acids is 1. The summed E-state index contributed by atoms with van der Waals surface area (Å²) in [5.74, 6) is -0.532. The van der Waals surface area contributed by atoms with Crippen LogP contribution >= 0.6 is 23.4 Å². The number of carbonyl (C=O) groups is 1. The summed E-state index contributed by atoms with van der Waals surface area (Å²) in [7, 11) is 0. The molecule has 0 aliphatic rings. The SMILES string of the molecule is CC(C)(O)c1ccccc1CCC(SCCC(=O)[O-])c1cccc(CCc2ccc3ccc(Cl)cc3n2)c1.[Na+]. The van der Waals surface area contributed by atoms with Crippen LogP contribution in [0, 0.1) is 0 Å². The monoisotopic (exact) mass is 569 g/mol. The van der Waals surface area contributed by atoms with Gasteiger partial charge in [-0.05, 0) is 92.2 Å². The molecule has 4 rings (SSSR count). The van der Waals surface area contributed by atoms with Crippen molar-refractivity contribution < 1.29 is 44.6 Å². The molecule has 1 heterocycles. The van der Waals surface area contributed by atoms with Gasteiger partial charge in [0.2, 0.25) is 0 Å². The van der Waals surface area contributed by atoms with Gasteiger partial charge >= 0.3 is 29.6 Å². The summed E-state index contributed by atoms with van der Waals surface area (Å²) in [6, 6.07) is 26.5. The minimum Gasteiger partial charge on any atom is -0.550 e. The molecule has 0 aliphatic carbocycles. The van der Waals surface area contributed by atoms with Crippen LogP contribution in [0.5, 0.6) is 0 Å². The maximum Gasteiger partial charge on any atom is 1.00 e. The number of pyridine rings is 1. The van der Waals surface area contributed by atoms with E-state index < -0.39 is 11.6 Å². The third-order valence-corrected chi connectivity index (χ3v) is 8.27. The van der Waals surface area contributed by atoms with Crippen molar-refractivity contribution in [3.05, 3.63) is 112 Å². The van der Waals surface area contributed by atoms with Crippen molar-refractivity contribution in [2.75, 3.05) is 5.75 Å². The standard InChI is InChI=1S/C32H34ClNO3S.Na/c1-32(2,37)28-9-4-3-7-23(28)13-17-30(38-19-18-31(35)36)25-8-5-6-22(20-25)10-15-27-16-12-24-11-14-26(33)21-29(24)34-27;/h3-9,11-12,14,16,20-21,30,37H,10,13,15,17-19H2,1-2H3,(H,35,36);/q;+1/p-1. The minimum atomic E-state index is -1.03. The van der Waals surface area contributed by atoms with Gasteiger partial charge in [-0.2, -0.15) is 11.8 Å². The molecule has 1 N–H and O–H groups in total. The van der Waals surface area contributed by atoms with Crippen LogP contribution in [0.3, 0.4) is 0 Å². The first kappa shape index (κ1) is 31.7. The van der Waals surface area contributed by atoms with E-state index in [1.165, 1.54) is 11.1 Å². The van der Waals surface area contributed by atoms with Gasteiger partial charge in [0.1, 0.15) is 0 Å². The summed E-state index contributed by atoms with van der Waals surface area (Å²) in [6.07, 6.45) is 3.31. The Balaban J connectivity index is 0.00000420. The van der Waals surface area contributed by atoms with Gasteiger partial charge in [0.15, 0.2) is 0 Å². The number of aromatic nitrogens is 1. The third kappa shape index (κ3) is 9.34. The molecule has 1 unspecified atom stereocenters. The Morgan fingerprint density at radius 2 is 1.77 bits per heavy atom. The van der Waals surface area contributed by atoms with E-state index in [-0.39, 0.29) is 41.2 Å². The van der Waals surface area contributed by atoms with Gasteiger partial charge in [-0.3, -0.25) is 4.98 Å². The number of carbonyl (C=O) groups excluding carboxylic acids is 1. The smallest absolute Gasteiger partial charge is 0.550 e. The zero-order valence-corrected chi connectivity index (χ0v) is 26.4. The molecule has 4 aromatic rings. The number of benzene rings is 3. The molecule has 1 atom stereocenters. The van der Waals surface area contributed by atoms with Gasteiger partial charge in [-0.25, -0.2) is 0 Å². The van der Waals surface area contributed by atoms with Gasteiger partial charge < -0.3 is 15.0 Å². The maximum atomic E-state index is 11.1. The van der Waals surface area contributed by atoms with Crippen LogP contribution < -0.4 is 34.7 Å². The fraction of sp³-hybridized carbons (Fsp3) is 0.312. The number of rotatable bonds is 12. The van der Waals surface area contributed by atoms with Crippen molar-refractivity contribution in [2.24, 2.45) is 0 Å². The second-order valence-corrected chi connectivity index (χ2v) is 11.9. The van der Waals surface area contributed by atoms with Gasteiger partial charge in [0.25, 0.3) is 0 Å². The van der Waals surface area contributed by atoms with Crippen molar-refractivity contribution in [1.29, 1.82) is 0 Å². The van der Waals surface area contributed by atoms with Gasteiger partial charge in [-0.15, -0.1) is 0 Å². The maximum absolute atomic E-state index is 11.1. The molecule has 1 aromatic heterocycles. The van der Waals surface area contributed by atoms with Crippen molar-refractivity contribution in [3.63, 3.8) is 0 Å². The van der Waals surface area contributed by atoms with Gasteiger partial charge in [0, 0.05) is 27.3 Å².